The zero-order valence-electron chi connectivity index (χ0n) is 8.71. The van der Waals surface area contributed by atoms with E-state index in [9.17, 15) is 0 Å². The van der Waals surface area contributed by atoms with Gasteiger partial charge in [-0.15, -0.1) is 0 Å². The smallest absolute Gasteiger partial charge is 0.0821 e. The number of hydrogen-bond acceptors (Lipinski definition) is 4. The first-order valence-corrected chi connectivity index (χ1v) is 5.57. The molecule has 4 heteroatoms. The van der Waals surface area contributed by atoms with Crippen molar-refractivity contribution in [3.63, 3.8) is 0 Å². The zero-order chi connectivity index (χ0) is 9.64. The second-order valence-corrected chi connectivity index (χ2v) is 3.95. The van der Waals surface area contributed by atoms with Crippen molar-refractivity contribution in [2.75, 3.05) is 52.5 Å². The Morgan fingerprint density at radius 1 is 1.21 bits per heavy atom. The van der Waals surface area contributed by atoms with Gasteiger partial charge in [0.05, 0.1) is 25.9 Å². The molecule has 0 radical (unpaired) electrons. The molecule has 0 aromatic heterocycles. The minimum absolute atomic E-state index is 0.332. The van der Waals surface area contributed by atoms with Gasteiger partial charge in [-0.2, -0.15) is 0 Å². The van der Waals surface area contributed by atoms with Crippen LogP contribution in [0.2, 0.25) is 0 Å². The summed E-state index contributed by atoms with van der Waals surface area (Å²) < 4.78 is 11.0. The van der Waals surface area contributed by atoms with Crippen LogP contribution in [-0.2, 0) is 9.47 Å². The van der Waals surface area contributed by atoms with E-state index in [1.165, 1.54) is 13.1 Å². The summed E-state index contributed by atoms with van der Waals surface area (Å²) in [6.07, 6.45) is 1.44. The lowest BCUT2D eigenvalue weighted by Crippen LogP contribution is -2.45. The van der Waals surface area contributed by atoms with Gasteiger partial charge in [0.15, 0.2) is 0 Å². The molecule has 0 amide bonds. The molecule has 0 aromatic carbocycles. The van der Waals surface area contributed by atoms with E-state index in [2.05, 4.69) is 10.2 Å². The van der Waals surface area contributed by atoms with Crippen molar-refractivity contribution in [2.24, 2.45) is 0 Å². The molecule has 14 heavy (non-hydrogen) atoms. The van der Waals surface area contributed by atoms with E-state index in [0.29, 0.717) is 6.10 Å². The summed E-state index contributed by atoms with van der Waals surface area (Å²) in [4.78, 5) is 2.49. The third-order valence-corrected chi connectivity index (χ3v) is 2.86. The Balaban J connectivity index is 1.60. The topological polar surface area (TPSA) is 33.7 Å². The zero-order valence-corrected chi connectivity index (χ0v) is 8.71. The molecule has 1 unspecified atom stereocenters. The summed E-state index contributed by atoms with van der Waals surface area (Å²) >= 11 is 0. The molecule has 2 aliphatic rings. The number of ether oxygens (including phenoxy) is 2. The van der Waals surface area contributed by atoms with Crippen LogP contribution >= 0.6 is 0 Å². The first-order chi connectivity index (χ1) is 6.95. The minimum atomic E-state index is 0.332. The molecule has 0 aromatic rings. The summed E-state index contributed by atoms with van der Waals surface area (Å²) in [7, 11) is 0. The fourth-order valence-electron chi connectivity index (χ4n) is 1.96. The van der Waals surface area contributed by atoms with Crippen molar-refractivity contribution >= 4 is 0 Å². The lowest BCUT2D eigenvalue weighted by Gasteiger charge is -2.30. The first kappa shape index (κ1) is 10.4. The van der Waals surface area contributed by atoms with E-state index in [1.807, 2.05) is 0 Å². The van der Waals surface area contributed by atoms with Gasteiger partial charge in [0, 0.05) is 32.7 Å². The Kier molecular flexibility index (Phi) is 4.19. The molecule has 2 saturated heterocycles. The lowest BCUT2D eigenvalue weighted by atomic mass is 10.2. The number of hydrogen-bond donors (Lipinski definition) is 1. The predicted octanol–water partition coefficient (Wildman–Crippen LogP) is -0.303. The number of piperazine rings is 1. The van der Waals surface area contributed by atoms with Gasteiger partial charge in [-0.05, 0) is 6.42 Å². The Bertz CT molecular complexity index is 136. The van der Waals surface area contributed by atoms with Gasteiger partial charge in [-0.25, -0.2) is 0 Å². The van der Waals surface area contributed by atoms with Crippen molar-refractivity contribution in [2.45, 2.75) is 12.5 Å². The summed E-state index contributed by atoms with van der Waals surface area (Å²) in [5, 5.41) is 3.36. The van der Waals surface area contributed by atoms with Crippen molar-refractivity contribution in [3.05, 3.63) is 0 Å². The summed E-state index contributed by atoms with van der Waals surface area (Å²) in [6.45, 7) is 8.07. The van der Waals surface area contributed by atoms with Gasteiger partial charge in [-0.1, -0.05) is 0 Å². The molecule has 2 rings (SSSR count). The molecule has 0 aliphatic carbocycles. The molecular weight excluding hydrogens is 180 g/mol. The molecule has 82 valence electrons. The van der Waals surface area contributed by atoms with Crippen LogP contribution in [0.4, 0.5) is 0 Å². The number of rotatable bonds is 3. The summed E-state index contributed by atoms with van der Waals surface area (Å²) in [5.74, 6) is 0. The van der Waals surface area contributed by atoms with Crippen LogP contribution in [0.25, 0.3) is 0 Å². The van der Waals surface area contributed by atoms with E-state index < -0.39 is 0 Å². The van der Waals surface area contributed by atoms with Gasteiger partial charge in [0.1, 0.15) is 0 Å². The minimum Gasteiger partial charge on any atom is -0.376 e. The third kappa shape index (κ3) is 3.20. The van der Waals surface area contributed by atoms with Gasteiger partial charge in [0.2, 0.25) is 0 Å². The molecule has 4 nitrogen and oxygen atoms in total. The number of nitrogens with one attached hydrogen (secondary N) is 1. The standard InChI is InChI=1S/C10H20N2O2/c1(10-9-13-7-8-14-10)4-12-5-2-11-3-6-12/h10-11H,1-9H2. The molecular formula is C10H20N2O2. The SMILES string of the molecule is C1CN(CCC2COCCO2)CCN1. The van der Waals surface area contributed by atoms with E-state index in [-0.39, 0.29) is 0 Å². The average Bonchev–Trinajstić information content (AvgIpc) is 2.29. The van der Waals surface area contributed by atoms with Crippen molar-refractivity contribution in [1.82, 2.24) is 10.2 Å². The molecule has 1 atom stereocenters. The largest absolute Gasteiger partial charge is 0.376 e. The van der Waals surface area contributed by atoms with Crippen LogP contribution in [0.15, 0.2) is 0 Å². The summed E-state index contributed by atoms with van der Waals surface area (Å²) in [6, 6.07) is 0. The highest BCUT2D eigenvalue weighted by Crippen LogP contribution is 2.06. The fourth-order valence-corrected chi connectivity index (χ4v) is 1.96. The maximum absolute atomic E-state index is 5.60. The van der Waals surface area contributed by atoms with Gasteiger partial charge in [-0.3, -0.25) is 0 Å². The highest BCUT2D eigenvalue weighted by atomic mass is 16.6. The highest BCUT2D eigenvalue weighted by Gasteiger charge is 2.16. The van der Waals surface area contributed by atoms with E-state index in [4.69, 9.17) is 9.47 Å². The van der Waals surface area contributed by atoms with Gasteiger partial charge >= 0.3 is 0 Å². The molecule has 0 bridgehead atoms. The molecule has 2 heterocycles. The Hall–Kier alpha value is -0.160. The van der Waals surface area contributed by atoms with E-state index in [1.54, 1.807) is 0 Å². The van der Waals surface area contributed by atoms with Crippen LogP contribution in [0.1, 0.15) is 6.42 Å². The highest BCUT2D eigenvalue weighted by molar-refractivity contribution is 4.70. The molecule has 2 aliphatic heterocycles. The predicted molar refractivity (Wildman–Crippen MR) is 54.5 cm³/mol. The van der Waals surface area contributed by atoms with Gasteiger partial charge < -0.3 is 19.7 Å². The third-order valence-electron chi connectivity index (χ3n) is 2.86. The fraction of sp³-hybridized carbons (Fsp3) is 1.00. The van der Waals surface area contributed by atoms with Crippen molar-refractivity contribution in [3.8, 4) is 0 Å². The second kappa shape index (κ2) is 5.66. The van der Waals surface area contributed by atoms with E-state index in [0.717, 1.165) is 45.9 Å². The van der Waals surface area contributed by atoms with Gasteiger partial charge in [0.25, 0.3) is 0 Å². The Morgan fingerprint density at radius 2 is 2.07 bits per heavy atom. The van der Waals surface area contributed by atoms with Crippen molar-refractivity contribution in [1.29, 1.82) is 0 Å². The average molecular weight is 200 g/mol. The normalized spacial score (nSPS) is 30.4. The van der Waals surface area contributed by atoms with E-state index >= 15 is 0 Å². The quantitative estimate of drug-likeness (QED) is 0.678. The maximum atomic E-state index is 5.60. The van der Waals surface area contributed by atoms with Crippen LogP contribution in [0.3, 0.4) is 0 Å². The van der Waals surface area contributed by atoms with Crippen molar-refractivity contribution < 1.29 is 9.47 Å². The van der Waals surface area contributed by atoms with Crippen LogP contribution in [0, 0.1) is 0 Å². The number of nitrogens with zero attached hydrogens (tertiary/aromatic N) is 1. The molecule has 0 spiro atoms. The first-order valence-electron chi connectivity index (χ1n) is 5.57. The van der Waals surface area contributed by atoms with Crippen LogP contribution in [-0.4, -0.2) is 63.5 Å². The molecule has 2 fully saturated rings. The molecule has 1 N–H and O–H groups in total. The second-order valence-electron chi connectivity index (χ2n) is 3.95. The maximum Gasteiger partial charge on any atom is 0.0821 e. The lowest BCUT2D eigenvalue weighted by molar-refractivity contribution is -0.0928. The monoisotopic (exact) mass is 200 g/mol. The van der Waals surface area contributed by atoms with Crippen LogP contribution in [0.5, 0.6) is 0 Å². The molecule has 0 saturated carbocycles. The Labute approximate surface area is 85.5 Å². The van der Waals surface area contributed by atoms with Crippen LogP contribution < -0.4 is 5.32 Å². The summed E-state index contributed by atoms with van der Waals surface area (Å²) in [5.41, 5.74) is 0. The Morgan fingerprint density at radius 3 is 2.79 bits per heavy atom.